The molecule has 0 aromatic carbocycles. The van der Waals surface area contributed by atoms with E-state index in [1.165, 1.54) is 38.8 Å². The molecule has 0 amide bonds. The number of ether oxygens (including phenoxy) is 1. The topological polar surface area (TPSA) is 103 Å². The van der Waals surface area contributed by atoms with Crippen LogP contribution in [0.2, 0.25) is 0 Å². The van der Waals surface area contributed by atoms with Crippen LogP contribution in [0.5, 0.6) is 0 Å². The highest BCUT2D eigenvalue weighted by Crippen LogP contribution is 2.35. The summed E-state index contributed by atoms with van der Waals surface area (Å²) in [4.78, 5) is 22.9. The summed E-state index contributed by atoms with van der Waals surface area (Å²) in [5.41, 5.74) is 0. The number of carboxylic acid groups (broad SMARTS) is 2. The van der Waals surface area contributed by atoms with Crippen LogP contribution in [0.4, 0.5) is 26.3 Å². The van der Waals surface area contributed by atoms with E-state index in [9.17, 15) is 26.3 Å². The van der Waals surface area contributed by atoms with Crippen molar-refractivity contribution >= 4 is 11.9 Å². The molecule has 1 aliphatic carbocycles. The number of carbonyl (C=O) groups is 2. The molecule has 2 N–H and O–H groups in total. The van der Waals surface area contributed by atoms with E-state index in [0.717, 1.165) is 31.4 Å². The average Bonchev–Trinajstić information content (AvgIpc) is 3.44. The Labute approximate surface area is 203 Å². The van der Waals surface area contributed by atoms with Crippen LogP contribution in [0.3, 0.4) is 0 Å². The molecule has 4 rings (SSSR count). The zero-order chi connectivity index (χ0) is 27.1. The molecule has 3 atom stereocenters. The first-order chi connectivity index (χ1) is 16.7. The molecule has 1 aromatic rings. The number of hydrogen-bond donors (Lipinski definition) is 2. The Balaban J connectivity index is 0.000000271. The summed E-state index contributed by atoms with van der Waals surface area (Å²) < 4.78 is 75.2. The third-order valence-electron chi connectivity index (χ3n) is 6.06. The minimum atomic E-state index is -5.08. The lowest BCUT2D eigenvalue weighted by Gasteiger charge is -2.48. The molecular formula is C22H30F6N2O6. The summed E-state index contributed by atoms with van der Waals surface area (Å²) in [6, 6.07) is 4.53. The van der Waals surface area contributed by atoms with Crippen LogP contribution in [-0.2, 0) is 20.9 Å². The van der Waals surface area contributed by atoms with E-state index in [-0.39, 0.29) is 0 Å². The van der Waals surface area contributed by atoms with Gasteiger partial charge in [0.15, 0.2) is 0 Å². The number of carboxylic acids is 2. The van der Waals surface area contributed by atoms with Gasteiger partial charge in [0.1, 0.15) is 5.76 Å². The van der Waals surface area contributed by atoms with Crippen molar-refractivity contribution in [3.63, 3.8) is 0 Å². The molecule has 0 unspecified atom stereocenters. The second kappa shape index (κ2) is 12.8. The Morgan fingerprint density at radius 3 is 2.11 bits per heavy atom. The predicted octanol–water partition coefficient (Wildman–Crippen LogP) is 3.87. The SMILES string of the molecule is CN(Cc1ccco1)[C@@H]1CN(CC2CC2)C[C@@H]2CCCO[C@@H]21.O=C(O)C(F)(F)F.O=C(O)C(F)(F)F. The number of halogens is 6. The van der Waals surface area contributed by atoms with E-state index < -0.39 is 24.3 Å². The number of alkyl halides is 6. The van der Waals surface area contributed by atoms with Crippen molar-refractivity contribution in [2.45, 2.75) is 56.7 Å². The van der Waals surface area contributed by atoms with Crippen molar-refractivity contribution in [2.24, 2.45) is 11.8 Å². The highest BCUT2D eigenvalue weighted by molar-refractivity contribution is 5.73. The van der Waals surface area contributed by atoms with Gasteiger partial charge in [-0.2, -0.15) is 26.3 Å². The summed E-state index contributed by atoms with van der Waals surface area (Å²) in [5, 5.41) is 14.2. The van der Waals surface area contributed by atoms with Gasteiger partial charge in [0, 0.05) is 32.3 Å². The third kappa shape index (κ3) is 9.97. The van der Waals surface area contributed by atoms with E-state index in [1.54, 1.807) is 6.26 Å². The van der Waals surface area contributed by atoms with Gasteiger partial charge < -0.3 is 24.3 Å². The molecule has 14 heteroatoms. The molecule has 206 valence electrons. The number of fused-ring (bicyclic) bond motifs is 1. The normalized spacial score (nSPS) is 24.6. The van der Waals surface area contributed by atoms with E-state index in [1.807, 2.05) is 6.07 Å². The van der Waals surface area contributed by atoms with Crippen molar-refractivity contribution in [1.82, 2.24) is 9.80 Å². The van der Waals surface area contributed by atoms with Crippen molar-refractivity contribution in [3.8, 4) is 0 Å². The van der Waals surface area contributed by atoms with Crippen LogP contribution in [0.1, 0.15) is 31.4 Å². The molecule has 0 spiro atoms. The zero-order valence-electron chi connectivity index (χ0n) is 19.6. The maximum Gasteiger partial charge on any atom is 0.490 e. The quantitative estimate of drug-likeness (QED) is 0.551. The summed E-state index contributed by atoms with van der Waals surface area (Å²) >= 11 is 0. The first kappa shape index (κ1) is 29.9. The Morgan fingerprint density at radius 2 is 1.64 bits per heavy atom. The molecule has 0 bridgehead atoms. The Hall–Kier alpha value is -2.32. The standard InChI is InChI=1S/C18H28N2O2.2C2HF3O2/c1-19(12-16-5-3-8-21-16)17-13-20(10-14-6-7-14)11-15-4-2-9-22-18(15)17;2*3-2(4,5)1(6)7/h3,5,8,14-15,17-18H,2,4,6-7,9-13H2,1H3;2*(H,6,7)/t15-,17+,18-;;/m0../s1. The smallest absolute Gasteiger partial charge is 0.475 e. The lowest BCUT2D eigenvalue weighted by molar-refractivity contribution is -0.193. The van der Waals surface area contributed by atoms with Gasteiger partial charge in [0.2, 0.25) is 0 Å². The molecule has 2 aliphatic heterocycles. The molecule has 3 heterocycles. The first-order valence-corrected chi connectivity index (χ1v) is 11.3. The van der Waals surface area contributed by atoms with Gasteiger partial charge in [-0.05, 0) is 56.7 Å². The maximum absolute atomic E-state index is 10.6. The number of hydrogen-bond acceptors (Lipinski definition) is 6. The zero-order valence-corrected chi connectivity index (χ0v) is 19.6. The summed E-state index contributed by atoms with van der Waals surface area (Å²) in [5.74, 6) is -2.78. The summed E-state index contributed by atoms with van der Waals surface area (Å²) in [6.07, 6.45) is -2.56. The molecule has 36 heavy (non-hydrogen) atoms. The highest BCUT2D eigenvalue weighted by Gasteiger charge is 2.42. The van der Waals surface area contributed by atoms with Crippen LogP contribution >= 0.6 is 0 Å². The molecule has 3 fully saturated rings. The summed E-state index contributed by atoms with van der Waals surface area (Å²) in [7, 11) is 2.23. The van der Waals surface area contributed by atoms with Crippen LogP contribution < -0.4 is 0 Å². The fraction of sp³-hybridized carbons (Fsp3) is 0.727. The fourth-order valence-electron chi connectivity index (χ4n) is 4.23. The number of likely N-dealkylation sites (N-methyl/N-ethyl adjacent to an activating group) is 1. The van der Waals surface area contributed by atoms with Gasteiger partial charge in [-0.1, -0.05) is 0 Å². The number of nitrogens with zero attached hydrogens (tertiary/aromatic N) is 2. The minimum Gasteiger partial charge on any atom is -0.475 e. The Kier molecular flexibility index (Phi) is 10.6. The molecule has 8 nitrogen and oxygen atoms in total. The van der Waals surface area contributed by atoms with Crippen LogP contribution in [0.15, 0.2) is 22.8 Å². The van der Waals surface area contributed by atoms with Crippen LogP contribution in [0, 0.1) is 11.8 Å². The minimum absolute atomic E-state index is 0.407. The molecule has 3 aliphatic rings. The van der Waals surface area contributed by atoms with E-state index >= 15 is 0 Å². The van der Waals surface area contributed by atoms with Crippen molar-refractivity contribution in [2.75, 3.05) is 33.3 Å². The van der Waals surface area contributed by atoms with Gasteiger partial charge in [-0.15, -0.1) is 0 Å². The second-order valence-corrected chi connectivity index (χ2v) is 9.07. The monoisotopic (exact) mass is 532 g/mol. The maximum atomic E-state index is 10.6. The van der Waals surface area contributed by atoms with E-state index in [2.05, 4.69) is 22.9 Å². The number of aliphatic carboxylic acids is 2. The molecular weight excluding hydrogens is 502 g/mol. The first-order valence-electron chi connectivity index (χ1n) is 11.3. The van der Waals surface area contributed by atoms with E-state index in [4.69, 9.17) is 29.0 Å². The predicted molar refractivity (Wildman–Crippen MR) is 113 cm³/mol. The molecule has 1 aromatic heterocycles. The number of furan rings is 1. The van der Waals surface area contributed by atoms with Gasteiger partial charge in [-0.25, -0.2) is 9.59 Å². The lowest BCUT2D eigenvalue weighted by Crippen LogP contribution is -2.60. The van der Waals surface area contributed by atoms with Crippen molar-refractivity contribution < 1.29 is 55.3 Å². The van der Waals surface area contributed by atoms with Crippen molar-refractivity contribution in [1.29, 1.82) is 0 Å². The third-order valence-corrected chi connectivity index (χ3v) is 6.06. The van der Waals surface area contributed by atoms with Crippen LogP contribution in [0.25, 0.3) is 0 Å². The Morgan fingerprint density at radius 1 is 1.06 bits per heavy atom. The number of rotatable bonds is 5. The van der Waals surface area contributed by atoms with Crippen LogP contribution in [-0.4, -0.2) is 89.7 Å². The number of piperidine rings is 1. The van der Waals surface area contributed by atoms with Gasteiger partial charge in [-0.3, -0.25) is 4.90 Å². The van der Waals surface area contributed by atoms with Crippen molar-refractivity contribution in [3.05, 3.63) is 24.2 Å². The van der Waals surface area contributed by atoms with Gasteiger partial charge in [0.25, 0.3) is 0 Å². The largest absolute Gasteiger partial charge is 0.490 e. The molecule has 1 saturated carbocycles. The summed E-state index contributed by atoms with van der Waals surface area (Å²) in [6.45, 7) is 5.51. The van der Waals surface area contributed by atoms with E-state index in [0.29, 0.717) is 18.1 Å². The second-order valence-electron chi connectivity index (χ2n) is 9.07. The highest BCUT2D eigenvalue weighted by atomic mass is 19.4. The lowest BCUT2D eigenvalue weighted by atomic mass is 9.84. The van der Waals surface area contributed by atoms with Gasteiger partial charge >= 0.3 is 24.3 Å². The molecule has 2 saturated heterocycles. The Bertz CT molecular complexity index is 804. The van der Waals surface area contributed by atoms with Gasteiger partial charge in [0.05, 0.1) is 18.9 Å². The average molecular weight is 532 g/mol. The fourth-order valence-corrected chi connectivity index (χ4v) is 4.23. The molecule has 0 radical (unpaired) electrons. The number of likely N-dealkylation sites (tertiary alicyclic amines) is 1.